The van der Waals surface area contributed by atoms with E-state index in [1.54, 1.807) is 11.3 Å². The Morgan fingerprint density at radius 1 is 1.89 bits per heavy atom. The molecule has 1 aromatic rings. The number of anilines is 1. The van der Waals surface area contributed by atoms with Gasteiger partial charge in [-0.2, -0.15) is 0 Å². The zero-order valence-corrected chi connectivity index (χ0v) is 7.42. The van der Waals surface area contributed by atoms with Crippen molar-refractivity contribution in [3.8, 4) is 0 Å². The van der Waals surface area contributed by atoms with Gasteiger partial charge in [0.25, 0.3) is 0 Å². The molecule has 0 spiro atoms. The molecule has 0 saturated heterocycles. The SMILES string of the molecule is CNc1ncc(CBr)s1. The number of thiazole rings is 1. The first-order valence-corrected chi connectivity index (χ1v) is 4.49. The highest BCUT2D eigenvalue weighted by Crippen LogP contribution is 2.18. The first-order chi connectivity index (χ1) is 4.36. The topological polar surface area (TPSA) is 24.9 Å². The Hall–Kier alpha value is -0.0900. The summed E-state index contributed by atoms with van der Waals surface area (Å²) in [6, 6.07) is 0. The molecule has 0 aliphatic carbocycles. The van der Waals surface area contributed by atoms with Crippen LogP contribution >= 0.6 is 27.3 Å². The van der Waals surface area contributed by atoms with Crippen molar-refractivity contribution in [1.29, 1.82) is 0 Å². The first kappa shape index (κ1) is 7.02. The Morgan fingerprint density at radius 3 is 3.00 bits per heavy atom. The molecule has 0 bridgehead atoms. The minimum Gasteiger partial charge on any atom is -0.365 e. The Labute approximate surface area is 66.4 Å². The molecule has 50 valence electrons. The van der Waals surface area contributed by atoms with Crippen molar-refractivity contribution in [3.63, 3.8) is 0 Å². The van der Waals surface area contributed by atoms with Gasteiger partial charge in [0, 0.05) is 23.5 Å². The van der Waals surface area contributed by atoms with Gasteiger partial charge in [-0.15, -0.1) is 11.3 Å². The number of alkyl halides is 1. The van der Waals surface area contributed by atoms with Crippen LogP contribution in [0.25, 0.3) is 0 Å². The molecule has 0 fully saturated rings. The third kappa shape index (κ3) is 1.66. The van der Waals surface area contributed by atoms with E-state index >= 15 is 0 Å². The molecule has 1 heterocycles. The zero-order valence-electron chi connectivity index (χ0n) is 5.02. The van der Waals surface area contributed by atoms with Crippen molar-refractivity contribution in [2.75, 3.05) is 12.4 Å². The number of hydrogen-bond donors (Lipinski definition) is 1. The Balaban J connectivity index is 2.74. The maximum Gasteiger partial charge on any atom is 0.182 e. The van der Waals surface area contributed by atoms with Gasteiger partial charge in [-0.05, 0) is 0 Å². The Kier molecular flexibility index (Phi) is 2.48. The van der Waals surface area contributed by atoms with Crippen LogP contribution in [0.15, 0.2) is 6.20 Å². The number of rotatable bonds is 2. The third-order valence-corrected chi connectivity index (χ3v) is 2.89. The van der Waals surface area contributed by atoms with Crippen LogP contribution in [0, 0.1) is 0 Å². The number of nitrogens with one attached hydrogen (secondary N) is 1. The maximum absolute atomic E-state index is 4.08. The lowest BCUT2D eigenvalue weighted by atomic mass is 10.6. The molecule has 0 aliphatic rings. The highest BCUT2D eigenvalue weighted by Gasteiger charge is 1.95. The van der Waals surface area contributed by atoms with Gasteiger partial charge in [-0.25, -0.2) is 4.98 Å². The smallest absolute Gasteiger partial charge is 0.182 e. The molecular weight excluding hydrogens is 200 g/mol. The van der Waals surface area contributed by atoms with Crippen molar-refractivity contribution in [1.82, 2.24) is 4.98 Å². The maximum atomic E-state index is 4.08. The standard InChI is InChI=1S/C5H7BrN2S/c1-7-5-8-3-4(2-6)9-5/h3H,2H2,1H3,(H,7,8). The van der Waals surface area contributed by atoms with Crippen LogP contribution in [0.2, 0.25) is 0 Å². The van der Waals surface area contributed by atoms with Gasteiger partial charge in [-0.1, -0.05) is 15.9 Å². The molecule has 0 saturated carbocycles. The van der Waals surface area contributed by atoms with E-state index in [1.807, 2.05) is 13.2 Å². The zero-order chi connectivity index (χ0) is 6.69. The van der Waals surface area contributed by atoms with Crippen LogP contribution < -0.4 is 5.32 Å². The molecule has 0 aromatic carbocycles. The lowest BCUT2D eigenvalue weighted by Gasteiger charge is -1.85. The van der Waals surface area contributed by atoms with Gasteiger partial charge in [0.2, 0.25) is 0 Å². The molecule has 0 amide bonds. The van der Waals surface area contributed by atoms with Crippen LogP contribution in [0.4, 0.5) is 5.13 Å². The summed E-state index contributed by atoms with van der Waals surface area (Å²) >= 11 is 5.01. The molecule has 2 nitrogen and oxygen atoms in total. The largest absolute Gasteiger partial charge is 0.365 e. The lowest BCUT2D eigenvalue weighted by molar-refractivity contribution is 1.34. The molecular formula is C5H7BrN2S. The Bertz CT molecular complexity index is 168. The molecule has 0 aliphatic heterocycles. The van der Waals surface area contributed by atoms with E-state index < -0.39 is 0 Å². The second-order valence-electron chi connectivity index (χ2n) is 1.52. The molecule has 1 N–H and O–H groups in total. The van der Waals surface area contributed by atoms with Crippen molar-refractivity contribution >= 4 is 32.4 Å². The van der Waals surface area contributed by atoms with Crippen LogP contribution in [0.1, 0.15) is 4.88 Å². The summed E-state index contributed by atoms with van der Waals surface area (Å²) in [5, 5.41) is 4.84. The third-order valence-electron chi connectivity index (χ3n) is 0.899. The quantitative estimate of drug-likeness (QED) is 0.751. The predicted octanol–water partition coefficient (Wildman–Crippen LogP) is 2.08. The summed E-state index contributed by atoms with van der Waals surface area (Å²) in [5.41, 5.74) is 0. The van der Waals surface area contributed by atoms with E-state index in [4.69, 9.17) is 0 Å². The van der Waals surface area contributed by atoms with E-state index in [-0.39, 0.29) is 0 Å². The molecule has 4 heteroatoms. The summed E-state index contributed by atoms with van der Waals surface area (Å²) in [5.74, 6) is 0. The van der Waals surface area contributed by atoms with Crippen molar-refractivity contribution in [2.45, 2.75) is 5.33 Å². The number of hydrogen-bond acceptors (Lipinski definition) is 3. The van der Waals surface area contributed by atoms with Crippen LogP contribution in [-0.2, 0) is 5.33 Å². The normalized spacial score (nSPS) is 9.56. The van der Waals surface area contributed by atoms with E-state index in [1.165, 1.54) is 4.88 Å². The fourth-order valence-electron chi connectivity index (χ4n) is 0.485. The highest BCUT2D eigenvalue weighted by molar-refractivity contribution is 9.08. The molecule has 0 radical (unpaired) electrons. The Morgan fingerprint density at radius 2 is 2.67 bits per heavy atom. The average molecular weight is 207 g/mol. The summed E-state index contributed by atoms with van der Waals surface area (Å²) < 4.78 is 0. The van der Waals surface area contributed by atoms with Crippen LogP contribution in [-0.4, -0.2) is 12.0 Å². The minimum absolute atomic E-state index is 0.895. The number of aromatic nitrogens is 1. The molecule has 9 heavy (non-hydrogen) atoms. The van der Waals surface area contributed by atoms with Gasteiger partial charge in [0.15, 0.2) is 5.13 Å². The van der Waals surface area contributed by atoms with E-state index in [0.29, 0.717) is 0 Å². The average Bonchev–Trinajstić information content (AvgIpc) is 2.34. The van der Waals surface area contributed by atoms with E-state index in [9.17, 15) is 0 Å². The summed E-state index contributed by atoms with van der Waals surface area (Å²) in [7, 11) is 1.87. The fourth-order valence-corrected chi connectivity index (χ4v) is 1.59. The monoisotopic (exact) mass is 206 g/mol. The van der Waals surface area contributed by atoms with Crippen LogP contribution in [0.3, 0.4) is 0 Å². The summed E-state index contributed by atoms with van der Waals surface area (Å²) in [4.78, 5) is 5.33. The summed E-state index contributed by atoms with van der Waals surface area (Å²) in [6.07, 6.45) is 1.87. The minimum atomic E-state index is 0.895. The lowest BCUT2D eigenvalue weighted by Crippen LogP contribution is -1.83. The highest BCUT2D eigenvalue weighted by atomic mass is 79.9. The van der Waals surface area contributed by atoms with Crippen molar-refractivity contribution < 1.29 is 0 Å². The van der Waals surface area contributed by atoms with Gasteiger partial charge in [0.05, 0.1) is 0 Å². The molecule has 0 unspecified atom stereocenters. The predicted molar refractivity (Wildman–Crippen MR) is 44.3 cm³/mol. The molecule has 1 rings (SSSR count). The van der Waals surface area contributed by atoms with Gasteiger partial charge in [0.1, 0.15) is 0 Å². The van der Waals surface area contributed by atoms with Gasteiger partial charge >= 0.3 is 0 Å². The first-order valence-electron chi connectivity index (χ1n) is 2.55. The molecule has 1 aromatic heterocycles. The van der Waals surface area contributed by atoms with E-state index in [2.05, 4.69) is 26.2 Å². The second kappa shape index (κ2) is 3.17. The van der Waals surface area contributed by atoms with Gasteiger partial charge < -0.3 is 5.32 Å². The van der Waals surface area contributed by atoms with Gasteiger partial charge in [-0.3, -0.25) is 0 Å². The fraction of sp³-hybridized carbons (Fsp3) is 0.400. The van der Waals surface area contributed by atoms with Crippen molar-refractivity contribution in [2.24, 2.45) is 0 Å². The number of nitrogens with zero attached hydrogens (tertiary/aromatic N) is 1. The summed E-state index contributed by atoms with van der Waals surface area (Å²) in [6.45, 7) is 0. The second-order valence-corrected chi connectivity index (χ2v) is 3.19. The molecule has 0 atom stereocenters. The number of halogens is 1. The van der Waals surface area contributed by atoms with E-state index in [0.717, 1.165) is 10.5 Å². The van der Waals surface area contributed by atoms with Crippen LogP contribution in [0.5, 0.6) is 0 Å². The van der Waals surface area contributed by atoms with Crippen molar-refractivity contribution in [3.05, 3.63) is 11.1 Å².